The van der Waals surface area contributed by atoms with Crippen molar-refractivity contribution >= 4 is 33.7 Å². The summed E-state index contributed by atoms with van der Waals surface area (Å²) in [4.78, 5) is 15.0. The summed E-state index contributed by atoms with van der Waals surface area (Å²) in [5, 5.41) is 9.55. The molecule has 1 N–H and O–H groups in total. The van der Waals surface area contributed by atoms with Crippen molar-refractivity contribution in [2.75, 3.05) is 5.75 Å². The van der Waals surface area contributed by atoms with E-state index in [0.29, 0.717) is 6.54 Å². The molecule has 0 saturated carbocycles. The van der Waals surface area contributed by atoms with Crippen molar-refractivity contribution in [3.05, 3.63) is 46.2 Å². The van der Waals surface area contributed by atoms with Crippen LogP contribution in [-0.2, 0) is 17.8 Å². The Balaban J connectivity index is 2.27. The number of nitrogens with zero attached hydrogens (tertiary/aromatic N) is 2. The summed E-state index contributed by atoms with van der Waals surface area (Å²) in [7, 11) is 0. The van der Waals surface area contributed by atoms with Crippen molar-refractivity contribution in [2.24, 2.45) is 0 Å². The molecule has 106 valence electrons. The highest BCUT2D eigenvalue weighted by molar-refractivity contribution is 9.10. The van der Waals surface area contributed by atoms with Gasteiger partial charge in [-0.25, -0.2) is 4.98 Å². The molecule has 0 aliphatic heterocycles. The molecule has 0 unspecified atom stereocenters. The maximum absolute atomic E-state index is 10.7. The number of thioether (sulfide) groups is 1. The Bertz CT molecular complexity index is 613. The molecule has 6 heteroatoms. The van der Waals surface area contributed by atoms with Gasteiger partial charge in [0.05, 0.1) is 12.3 Å². The first-order chi connectivity index (χ1) is 9.61. The Labute approximate surface area is 130 Å². The van der Waals surface area contributed by atoms with Gasteiger partial charge in [-0.3, -0.25) is 4.79 Å². The first-order valence-corrected chi connectivity index (χ1v) is 8.02. The molecule has 0 radical (unpaired) electrons. The molecule has 1 aromatic carbocycles. The molecular weight excluding hydrogens is 340 g/mol. The second kappa shape index (κ2) is 6.95. The number of hydrogen-bond acceptors (Lipinski definition) is 3. The highest BCUT2D eigenvalue weighted by Crippen LogP contribution is 2.23. The lowest BCUT2D eigenvalue weighted by atomic mass is 10.2. The van der Waals surface area contributed by atoms with E-state index in [1.165, 1.54) is 11.8 Å². The first-order valence-electron chi connectivity index (χ1n) is 6.24. The van der Waals surface area contributed by atoms with Crippen LogP contribution in [-0.4, -0.2) is 26.4 Å². The van der Waals surface area contributed by atoms with E-state index in [2.05, 4.69) is 38.5 Å². The predicted octanol–water partition coefficient (Wildman–Crippen LogP) is 3.43. The highest BCUT2D eigenvalue weighted by atomic mass is 79.9. The van der Waals surface area contributed by atoms with Crippen LogP contribution < -0.4 is 0 Å². The monoisotopic (exact) mass is 354 g/mol. The number of hydrogen-bond donors (Lipinski definition) is 1. The number of carboxylic acid groups (broad SMARTS) is 1. The summed E-state index contributed by atoms with van der Waals surface area (Å²) in [5.74, 6) is -0.806. The summed E-state index contributed by atoms with van der Waals surface area (Å²) in [5.41, 5.74) is 2.26. The SMILES string of the molecule is CCc1cnc(SCC(=O)O)n1Cc1ccccc1Br. The first kappa shape index (κ1) is 15.1. The molecule has 4 nitrogen and oxygen atoms in total. The molecule has 0 spiro atoms. The van der Waals surface area contributed by atoms with Crippen molar-refractivity contribution < 1.29 is 9.90 Å². The molecule has 0 saturated heterocycles. The van der Waals surface area contributed by atoms with Gasteiger partial charge in [-0.2, -0.15) is 0 Å². The van der Waals surface area contributed by atoms with Crippen molar-refractivity contribution in [1.82, 2.24) is 9.55 Å². The molecule has 1 heterocycles. The summed E-state index contributed by atoms with van der Waals surface area (Å²) in [6.07, 6.45) is 2.69. The highest BCUT2D eigenvalue weighted by Gasteiger charge is 2.12. The van der Waals surface area contributed by atoms with Gasteiger partial charge in [-0.05, 0) is 18.1 Å². The molecule has 0 aliphatic rings. The molecule has 0 atom stereocenters. The second-order valence-electron chi connectivity index (χ2n) is 4.25. The van der Waals surface area contributed by atoms with Crippen LogP contribution in [0.15, 0.2) is 40.1 Å². The summed E-state index contributed by atoms with van der Waals surface area (Å²) >= 11 is 4.79. The third-order valence-corrected chi connectivity index (χ3v) is 4.62. The molecule has 2 rings (SSSR count). The Hall–Kier alpha value is -1.27. The number of aryl methyl sites for hydroxylation is 1. The van der Waals surface area contributed by atoms with E-state index >= 15 is 0 Å². The number of benzene rings is 1. The quantitative estimate of drug-likeness (QED) is 0.807. The predicted molar refractivity (Wildman–Crippen MR) is 83.2 cm³/mol. The molecule has 0 fully saturated rings. The second-order valence-corrected chi connectivity index (χ2v) is 6.04. The largest absolute Gasteiger partial charge is 0.481 e. The Morgan fingerprint density at radius 2 is 2.20 bits per heavy atom. The van der Waals surface area contributed by atoms with E-state index in [1.54, 1.807) is 0 Å². The zero-order valence-electron chi connectivity index (χ0n) is 11.0. The maximum atomic E-state index is 10.7. The number of aromatic nitrogens is 2. The zero-order valence-corrected chi connectivity index (χ0v) is 13.4. The van der Waals surface area contributed by atoms with Crippen LogP contribution in [0.4, 0.5) is 0 Å². The van der Waals surface area contributed by atoms with Crippen molar-refractivity contribution in [3.8, 4) is 0 Å². The van der Waals surface area contributed by atoms with Gasteiger partial charge in [0.15, 0.2) is 5.16 Å². The van der Waals surface area contributed by atoms with E-state index < -0.39 is 5.97 Å². The van der Waals surface area contributed by atoms with Gasteiger partial charge >= 0.3 is 5.97 Å². The van der Waals surface area contributed by atoms with Crippen LogP contribution in [0.1, 0.15) is 18.2 Å². The molecule has 0 bridgehead atoms. The van der Waals surface area contributed by atoms with E-state index in [4.69, 9.17) is 5.11 Å². The van der Waals surface area contributed by atoms with E-state index in [0.717, 1.165) is 27.3 Å². The van der Waals surface area contributed by atoms with Crippen LogP contribution >= 0.6 is 27.7 Å². The smallest absolute Gasteiger partial charge is 0.313 e. The van der Waals surface area contributed by atoms with E-state index in [-0.39, 0.29) is 5.75 Å². The fraction of sp³-hybridized carbons (Fsp3) is 0.286. The fourth-order valence-electron chi connectivity index (χ4n) is 1.88. The molecular formula is C14H15BrN2O2S. The van der Waals surface area contributed by atoms with Crippen molar-refractivity contribution in [2.45, 2.75) is 25.0 Å². The Kier molecular flexibility index (Phi) is 5.25. The molecule has 0 aliphatic carbocycles. The minimum Gasteiger partial charge on any atom is -0.481 e. The number of halogens is 1. The Morgan fingerprint density at radius 3 is 2.85 bits per heavy atom. The molecule has 20 heavy (non-hydrogen) atoms. The summed E-state index contributed by atoms with van der Waals surface area (Å²) in [6.45, 7) is 2.76. The van der Waals surface area contributed by atoms with Crippen molar-refractivity contribution in [3.63, 3.8) is 0 Å². The standard InChI is InChI=1S/C14H15BrN2O2S/c1-2-11-7-16-14(20-9-13(18)19)17(11)8-10-5-3-4-6-12(10)15/h3-7H,2,8-9H2,1H3,(H,18,19). The van der Waals surface area contributed by atoms with Gasteiger partial charge in [-0.15, -0.1) is 0 Å². The molecule has 2 aromatic rings. The van der Waals surface area contributed by atoms with Crippen LogP contribution in [0.2, 0.25) is 0 Å². The third-order valence-electron chi connectivity index (χ3n) is 2.87. The average Bonchev–Trinajstić information content (AvgIpc) is 2.81. The number of aliphatic carboxylic acids is 1. The summed E-state index contributed by atoms with van der Waals surface area (Å²) < 4.78 is 3.12. The maximum Gasteiger partial charge on any atom is 0.313 e. The van der Waals surface area contributed by atoms with Gasteiger partial charge < -0.3 is 9.67 Å². The van der Waals surface area contributed by atoms with Crippen LogP contribution in [0, 0.1) is 0 Å². The Morgan fingerprint density at radius 1 is 1.45 bits per heavy atom. The zero-order chi connectivity index (χ0) is 14.5. The number of carbonyl (C=O) groups is 1. The van der Waals surface area contributed by atoms with E-state index in [9.17, 15) is 4.79 Å². The van der Waals surface area contributed by atoms with Crippen LogP contribution in [0.5, 0.6) is 0 Å². The lowest BCUT2D eigenvalue weighted by Crippen LogP contribution is -2.07. The normalized spacial score (nSPS) is 10.7. The van der Waals surface area contributed by atoms with Crippen molar-refractivity contribution in [1.29, 1.82) is 0 Å². The number of imidazole rings is 1. The molecule has 1 aromatic heterocycles. The van der Waals surface area contributed by atoms with Gasteiger partial charge in [0.25, 0.3) is 0 Å². The van der Waals surface area contributed by atoms with Gasteiger partial charge in [0.1, 0.15) is 0 Å². The minimum atomic E-state index is -0.830. The van der Waals surface area contributed by atoms with Gasteiger partial charge in [0.2, 0.25) is 0 Å². The minimum absolute atomic E-state index is 0.0239. The van der Waals surface area contributed by atoms with Gasteiger partial charge in [0, 0.05) is 16.4 Å². The average molecular weight is 355 g/mol. The topological polar surface area (TPSA) is 55.1 Å². The molecule has 0 amide bonds. The fourth-order valence-corrected chi connectivity index (χ4v) is 3.01. The number of rotatable bonds is 6. The third kappa shape index (κ3) is 3.64. The van der Waals surface area contributed by atoms with Gasteiger partial charge in [-0.1, -0.05) is 52.8 Å². The van der Waals surface area contributed by atoms with Crippen LogP contribution in [0.3, 0.4) is 0 Å². The lowest BCUT2D eigenvalue weighted by molar-refractivity contribution is -0.133. The van der Waals surface area contributed by atoms with E-state index in [1.807, 2.05) is 24.4 Å². The van der Waals surface area contributed by atoms with Crippen LogP contribution in [0.25, 0.3) is 0 Å². The number of carboxylic acids is 1. The summed E-state index contributed by atoms with van der Waals surface area (Å²) in [6, 6.07) is 8.02. The lowest BCUT2D eigenvalue weighted by Gasteiger charge is -2.11.